The lowest BCUT2D eigenvalue weighted by molar-refractivity contribution is 0.294. The van der Waals surface area contributed by atoms with Crippen LogP contribution in [0.25, 0.3) is 32.9 Å². The largest absolute Gasteiger partial charge is 0.463 e. The van der Waals surface area contributed by atoms with Gasteiger partial charge >= 0.3 is 6.01 Å². The van der Waals surface area contributed by atoms with Gasteiger partial charge in [0, 0.05) is 65.9 Å². The molecule has 11 heteroatoms. The summed E-state index contributed by atoms with van der Waals surface area (Å²) in [6, 6.07) is 7.84. The van der Waals surface area contributed by atoms with Gasteiger partial charge in [-0.25, -0.2) is 14.4 Å². The third-order valence-corrected chi connectivity index (χ3v) is 7.43. The Labute approximate surface area is 229 Å². The summed E-state index contributed by atoms with van der Waals surface area (Å²) in [7, 11) is 0. The predicted molar refractivity (Wildman–Crippen MR) is 150 cm³/mol. The second kappa shape index (κ2) is 10.3. The molecule has 0 unspecified atom stereocenters. The Kier molecular flexibility index (Phi) is 6.74. The highest BCUT2D eigenvalue weighted by atomic mass is 35.5. The smallest absolute Gasteiger partial charge is 0.319 e. The summed E-state index contributed by atoms with van der Waals surface area (Å²) in [6.07, 6.45) is 5.54. The molecule has 200 valence electrons. The first-order chi connectivity index (χ1) is 18.9. The molecule has 0 amide bonds. The van der Waals surface area contributed by atoms with Crippen LogP contribution < -0.4 is 15.0 Å². The summed E-state index contributed by atoms with van der Waals surface area (Å²) in [4.78, 5) is 20.0. The molecule has 3 aromatic heterocycles. The molecule has 2 atom stereocenters. The number of ether oxygens (including phenoxy) is 1. The van der Waals surface area contributed by atoms with Crippen LogP contribution >= 0.6 is 11.6 Å². The molecule has 2 aromatic carbocycles. The molecule has 1 fully saturated rings. The number of benzene rings is 2. The lowest BCUT2D eigenvalue weighted by Gasteiger charge is -2.39. The molecule has 1 aliphatic rings. The summed E-state index contributed by atoms with van der Waals surface area (Å²) in [6.45, 7) is 7.84. The van der Waals surface area contributed by atoms with Crippen molar-refractivity contribution in [1.29, 1.82) is 0 Å². The monoisotopic (exact) mass is 546 g/mol. The molecule has 1 aliphatic heterocycles. The molecule has 0 spiro atoms. The van der Waals surface area contributed by atoms with Gasteiger partial charge in [0.25, 0.3) is 0 Å². The number of aromatic nitrogens is 6. The minimum absolute atomic E-state index is 0.0930. The van der Waals surface area contributed by atoms with Gasteiger partial charge in [0.1, 0.15) is 17.2 Å². The van der Waals surface area contributed by atoms with Crippen molar-refractivity contribution in [2.75, 3.05) is 24.6 Å². The Morgan fingerprint density at radius 2 is 1.97 bits per heavy atom. The lowest BCUT2D eigenvalue weighted by Crippen LogP contribution is -2.54. The van der Waals surface area contributed by atoms with Crippen molar-refractivity contribution < 1.29 is 9.13 Å². The second-order valence-electron chi connectivity index (χ2n) is 9.94. The van der Waals surface area contributed by atoms with Crippen LogP contribution in [0.2, 0.25) is 5.02 Å². The fourth-order valence-electron chi connectivity index (χ4n) is 5.12. The molecule has 39 heavy (non-hydrogen) atoms. The first-order valence-corrected chi connectivity index (χ1v) is 13.3. The quantitative estimate of drug-likeness (QED) is 0.311. The maximum absolute atomic E-state index is 16.6. The summed E-state index contributed by atoms with van der Waals surface area (Å²) in [5.41, 5.74) is 2.66. The van der Waals surface area contributed by atoms with E-state index < -0.39 is 5.82 Å². The second-order valence-corrected chi connectivity index (χ2v) is 10.3. The van der Waals surface area contributed by atoms with Gasteiger partial charge in [0.15, 0.2) is 5.82 Å². The van der Waals surface area contributed by atoms with Gasteiger partial charge in [-0.3, -0.25) is 5.10 Å². The lowest BCUT2D eigenvalue weighted by atomic mass is 9.96. The number of aryl methyl sites for hydroxylation is 1. The van der Waals surface area contributed by atoms with Gasteiger partial charge in [-0.05, 0) is 38.5 Å². The molecule has 0 radical (unpaired) electrons. The van der Waals surface area contributed by atoms with Crippen molar-refractivity contribution in [2.45, 2.75) is 39.3 Å². The van der Waals surface area contributed by atoms with Crippen LogP contribution in [-0.4, -0.2) is 61.9 Å². The van der Waals surface area contributed by atoms with E-state index >= 15 is 4.39 Å². The zero-order chi connectivity index (χ0) is 27.1. The average molecular weight is 547 g/mol. The van der Waals surface area contributed by atoms with E-state index in [-0.39, 0.29) is 40.8 Å². The average Bonchev–Trinajstić information content (AvgIpc) is 3.41. The van der Waals surface area contributed by atoms with Crippen molar-refractivity contribution in [3.05, 3.63) is 65.1 Å². The molecule has 9 nitrogen and oxygen atoms in total. The Bertz CT molecular complexity index is 1660. The summed E-state index contributed by atoms with van der Waals surface area (Å²) < 4.78 is 22.6. The van der Waals surface area contributed by atoms with Crippen LogP contribution in [-0.2, 0) is 6.42 Å². The van der Waals surface area contributed by atoms with Crippen molar-refractivity contribution >= 4 is 39.2 Å². The number of nitrogens with zero attached hydrogens (tertiary/aromatic N) is 6. The number of aromatic amines is 1. The van der Waals surface area contributed by atoms with Gasteiger partial charge in [-0.15, -0.1) is 0 Å². The number of halogens is 2. The van der Waals surface area contributed by atoms with E-state index in [1.807, 2.05) is 19.1 Å². The van der Waals surface area contributed by atoms with E-state index in [1.54, 1.807) is 30.7 Å². The van der Waals surface area contributed by atoms with Gasteiger partial charge in [-0.1, -0.05) is 23.7 Å². The van der Waals surface area contributed by atoms with Crippen LogP contribution in [0.15, 0.2) is 42.9 Å². The maximum atomic E-state index is 16.6. The zero-order valence-electron chi connectivity index (χ0n) is 21.9. The van der Waals surface area contributed by atoms with E-state index in [9.17, 15) is 0 Å². The fourth-order valence-corrected chi connectivity index (χ4v) is 5.41. The van der Waals surface area contributed by atoms with E-state index in [1.165, 1.54) is 0 Å². The molecule has 2 N–H and O–H groups in total. The molecular formula is C28H28ClFN8O. The number of piperazine rings is 1. The minimum atomic E-state index is -0.529. The number of nitrogens with one attached hydrogen (secondary N) is 2. The van der Waals surface area contributed by atoms with Crippen LogP contribution in [0.5, 0.6) is 6.01 Å². The number of fused-ring (bicyclic) bond motifs is 2. The van der Waals surface area contributed by atoms with Gasteiger partial charge in [0.05, 0.1) is 23.3 Å². The molecular weight excluding hydrogens is 519 g/mol. The first-order valence-electron chi connectivity index (χ1n) is 12.9. The van der Waals surface area contributed by atoms with Gasteiger partial charge in [-0.2, -0.15) is 15.1 Å². The topological polar surface area (TPSA) is 105 Å². The molecule has 5 aromatic rings. The zero-order valence-corrected chi connectivity index (χ0v) is 22.6. The van der Waals surface area contributed by atoms with E-state index in [0.717, 1.165) is 17.5 Å². The number of H-pyrrole nitrogens is 1. The Morgan fingerprint density at radius 1 is 1.15 bits per heavy atom. The molecule has 4 heterocycles. The molecule has 1 saturated heterocycles. The number of hydrogen-bond donors (Lipinski definition) is 2. The molecule has 0 aliphatic carbocycles. The Balaban J connectivity index is 1.50. The van der Waals surface area contributed by atoms with Crippen LogP contribution in [0.1, 0.15) is 25.2 Å². The third-order valence-electron chi connectivity index (χ3n) is 7.13. The fraction of sp³-hybridized carbons (Fsp3) is 0.321. The Hall–Kier alpha value is -3.89. The third kappa shape index (κ3) is 4.74. The normalized spacial score (nSPS) is 17.7. The van der Waals surface area contributed by atoms with Crippen LogP contribution in [0.4, 0.5) is 10.2 Å². The molecule has 0 bridgehead atoms. The van der Waals surface area contributed by atoms with Crippen molar-refractivity contribution in [3.8, 4) is 17.1 Å². The molecule has 0 saturated carbocycles. The van der Waals surface area contributed by atoms with Gasteiger partial charge in [0.2, 0.25) is 0 Å². The van der Waals surface area contributed by atoms with Crippen molar-refractivity contribution in [3.63, 3.8) is 0 Å². The summed E-state index contributed by atoms with van der Waals surface area (Å²) >= 11 is 6.84. The number of rotatable bonds is 6. The SMILES string of the molecule is Cc1ccc2cn[nH]c2c1-c1c(Cl)cc2c(N3C[C@H](C)NC[C@H]3C)nc(OCCc3ncccn3)nc2c1F. The van der Waals surface area contributed by atoms with Crippen molar-refractivity contribution in [1.82, 2.24) is 35.5 Å². The summed E-state index contributed by atoms with van der Waals surface area (Å²) in [5.74, 6) is 0.709. The number of hydrogen-bond acceptors (Lipinski definition) is 8. The standard InChI is InChI=1S/C28H28ClFN8O/c1-15-5-6-18-13-34-37-25(18)22(15)23-20(29)11-19-26(24(23)30)35-28(39-10-7-21-31-8-4-9-32-21)36-27(19)38-14-16(2)33-12-17(38)3/h4-6,8-9,11,13,16-17,33H,7,10,12,14H2,1-3H3,(H,34,37)/t16-,17+/m0/s1. The highest BCUT2D eigenvalue weighted by Gasteiger charge is 2.29. The van der Waals surface area contributed by atoms with Gasteiger partial charge < -0.3 is 15.0 Å². The predicted octanol–water partition coefficient (Wildman–Crippen LogP) is 4.87. The van der Waals surface area contributed by atoms with Crippen LogP contribution in [0, 0.1) is 12.7 Å². The Morgan fingerprint density at radius 3 is 2.79 bits per heavy atom. The maximum Gasteiger partial charge on any atom is 0.319 e. The highest BCUT2D eigenvalue weighted by molar-refractivity contribution is 6.35. The van der Waals surface area contributed by atoms with Crippen LogP contribution in [0.3, 0.4) is 0 Å². The van der Waals surface area contributed by atoms with Crippen molar-refractivity contribution in [2.24, 2.45) is 0 Å². The minimum Gasteiger partial charge on any atom is -0.463 e. The highest BCUT2D eigenvalue weighted by Crippen LogP contribution is 2.42. The summed E-state index contributed by atoms with van der Waals surface area (Å²) in [5, 5.41) is 12.3. The van der Waals surface area contributed by atoms with E-state index in [0.29, 0.717) is 41.1 Å². The van der Waals surface area contributed by atoms with E-state index in [4.69, 9.17) is 21.3 Å². The first kappa shape index (κ1) is 25.4. The van der Waals surface area contributed by atoms with E-state index in [2.05, 4.69) is 49.2 Å². The number of anilines is 1. The molecule has 6 rings (SSSR count).